The number of carbonyl (C=O) groups excluding carboxylic acids is 1. The Labute approximate surface area is 121 Å². The molecule has 0 saturated heterocycles. The van der Waals surface area contributed by atoms with Gasteiger partial charge in [0.25, 0.3) is 0 Å². The molecule has 1 aromatic rings. The zero-order valence-corrected chi connectivity index (χ0v) is 11.7. The van der Waals surface area contributed by atoms with Crippen molar-refractivity contribution in [1.29, 1.82) is 0 Å². The molecule has 1 aliphatic heterocycles. The van der Waals surface area contributed by atoms with Gasteiger partial charge in [0.15, 0.2) is 0 Å². The van der Waals surface area contributed by atoms with Gasteiger partial charge in [-0.2, -0.15) is 13.2 Å². The van der Waals surface area contributed by atoms with Gasteiger partial charge in [-0.3, -0.25) is 9.69 Å². The molecular weight excluding hydrogens is 285 g/mol. The van der Waals surface area contributed by atoms with Crippen LogP contribution < -0.4 is 4.74 Å². The summed E-state index contributed by atoms with van der Waals surface area (Å²) in [7, 11) is 1.16. The third kappa shape index (κ3) is 4.63. The summed E-state index contributed by atoms with van der Waals surface area (Å²) in [6.07, 6.45) is -4.38. The largest absolute Gasteiger partial charge is 0.492 e. The summed E-state index contributed by atoms with van der Waals surface area (Å²) >= 11 is 0. The smallest absolute Gasteiger partial charge is 0.406 e. The lowest BCUT2D eigenvalue weighted by Crippen LogP contribution is -2.42. The van der Waals surface area contributed by atoms with Crippen molar-refractivity contribution < 1.29 is 22.7 Å². The van der Waals surface area contributed by atoms with E-state index in [-0.39, 0.29) is 6.54 Å². The number of alkyl halides is 3. The minimum absolute atomic E-state index is 0.0513. The molecule has 0 spiro atoms. The third-order valence-corrected chi connectivity index (χ3v) is 3.23. The number of para-hydroxylation sites is 1. The lowest BCUT2D eigenvalue weighted by atomic mass is 10.2. The van der Waals surface area contributed by atoms with Crippen LogP contribution in [0.25, 0.3) is 0 Å². The molecule has 0 radical (unpaired) electrons. The zero-order chi connectivity index (χ0) is 15.5. The van der Waals surface area contributed by atoms with E-state index in [0.29, 0.717) is 24.6 Å². The summed E-state index contributed by atoms with van der Waals surface area (Å²) in [6.45, 7) is 0.117. The Kier molecular flexibility index (Phi) is 4.72. The Morgan fingerprint density at radius 3 is 2.81 bits per heavy atom. The maximum atomic E-state index is 12.3. The van der Waals surface area contributed by atoms with Crippen LogP contribution in [-0.2, 0) is 11.3 Å². The molecule has 21 heavy (non-hydrogen) atoms. The second-order valence-corrected chi connectivity index (χ2v) is 5.03. The third-order valence-electron chi connectivity index (χ3n) is 3.23. The van der Waals surface area contributed by atoms with Gasteiger partial charge in [-0.05, 0) is 6.07 Å². The average molecular weight is 302 g/mol. The Bertz CT molecular complexity index is 505. The van der Waals surface area contributed by atoms with E-state index in [2.05, 4.69) is 0 Å². The first-order chi connectivity index (χ1) is 9.85. The molecule has 1 heterocycles. The monoisotopic (exact) mass is 302 g/mol. The number of nitrogens with zero attached hydrogens (tertiary/aromatic N) is 2. The molecule has 7 heteroatoms. The topological polar surface area (TPSA) is 32.8 Å². The molecule has 0 N–H and O–H groups in total. The zero-order valence-electron chi connectivity index (χ0n) is 11.7. The molecule has 0 aromatic heterocycles. The van der Waals surface area contributed by atoms with Gasteiger partial charge >= 0.3 is 6.18 Å². The predicted octanol–water partition coefficient (Wildman–Crippen LogP) is 1.90. The van der Waals surface area contributed by atoms with Crippen LogP contribution in [0.4, 0.5) is 13.2 Å². The molecule has 0 bridgehead atoms. The lowest BCUT2D eigenvalue weighted by molar-refractivity contribution is -0.159. The molecule has 1 amide bonds. The molecule has 116 valence electrons. The fourth-order valence-corrected chi connectivity index (χ4v) is 2.18. The average Bonchev–Trinajstić information content (AvgIpc) is 2.58. The van der Waals surface area contributed by atoms with Crippen LogP contribution in [0, 0.1) is 0 Å². The van der Waals surface area contributed by atoms with Gasteiger partial charge in [-0.25, -0.2) is 0 Å². The summed E-state index contributed by atoms with van der Waals surface area (Å²) in [5.74, 6) is 0.211. The number of hydrogen-bond acceptors (Lipinski definition) is 3. The van der Waals surface area contributed by atoms with Crippen LogP contribution in [0.3, 0.4) is 0 Å². The molecule has 0 atom stereocenters. The van der Waals surface area contributed by atoms with Gasteiger partial charge in [0.1, 0.15) is 18.9 Å². The summed E-state index contributed by atoms with van der Waals surface area (Å²) < 4.78 is 42.4. The van der Waals surface area contributed by atoms with E-state index in [1.54, 1.807) is 4.90 Å². The fraction of sp³-hybridized carbons (Fsp3) is 0.500. The molecule has 0 saturated carbocycles. The first-order valence-electron chi connectivity index (χ1n) is 6.59. The summed E-state index contributed by atoms with van der Waals surface area (Å²) in [5.41, 5.74) is 0.932. The van der Waals surface area contributed by atoms with Gasteiger partial charge in [0.05, 0.1) is 6.54 Å². The van der Waals surface area contributed by atoms with Gasteiger partial charge in [-0.1, -0.05) is 18.2 Å². The lowest BCUT2D eigenvalue weighted by Gasteiger charge is -2.24. The molecule has 0 fully saturated rings. The van der Waals surface area contributed by atoms with Crippen LogP contribution in [0.15, 0.2) is 24.3 Å². The van der Waals surface area contributed by atoms with Crippen LogP contribution >= 0.6 is 0 Å². The van der Waals surface area contributed by atoms with E-state index >= 15 is 0 Å². The Hall–Kier alpha value is -1.76. The van der Waals surface area contributed by atoms with Gasteiger partial charge in [0, 0.05) is 25.7 Å². The predicted molar refractivity (Wildman–Crippen MR) is 70.9 cm³/mol. The van der Waals surface area contributed by atoms with Crippen molar-refractivity contribution in [2.24, 2.45) is 0 Å². The number of amides is 1. The van der Waals surface area contributed by atoms with E-state index < -0.39 is 18.6 Å². The van der Waals surface area contributed by atoms with Crippen molar-refractivity contribution in [2.45, 2.75) is 12.7 Å². The van der Waals surface area contributed by atoms with Crippen molar-refractivity contribution in [3.63, 3.8) is 0 Å². The Morgan fingerprint density at radius 2 is 2.10 bits per heavy atom. The molecule has 1 aromatic carbocycles. The highest BCUT2D eigenvalue weighted by Gasteiger charge is 2.31. The standard InChI is InChI=1S/C14H17F3N2O2/c1-18(10-14(15,16)17)13(20)9-19-6-7-21-12-5-3-2-4-11(12)8-19/h2-5H,6-10H2,1H3. The van der Waals surface area contributed by atoms with Crippen LogP contribution in [0.5, 0.6) is 5.75 Å². The summed E-state index contributed by atoms with van der Waals surface area (Å²) in [5, 5.41) is 0. The molecule has 4 nitrogen and oxygen atoms in total. The van der Waals surface area contributed by atoms with Gasteiger partial charge in [-0.15, -0.1) is 0 Å². The van der Waals surface area contributed by atoms with E-state index in [1.807, 2.05) is 24.3 Å². The highest BCUT2D eigenvalue weighted by Crippen LogP contribution is 2.22. The SMILES string of the molecule is CN(CC(F)(F)F)C(=O)CN1CCOc2ccccc2C1. The second kappa shape index (κ2) is 6.34. The second-order valence-electron chi connectivity index (χ2n) is 5.03. The minimum atomic E-state index is -4.38. The van der Waals surface area contributed by atoms with Gasteiger partial charge in [0.2, 0.25) is 5.91 Å². The van der Waals surface area contributed by atoms with Crippen molar-refractivity contribution in [3.8, 4) is 5.75 Å². The van der Waals surface area contributed by atoms with Gasteiger partial charge < -0.3 is 9.64 Å². The highest BCUT2D eigenvalue weighted by molar-refractivity contribution is 5.78. The molecule has 0 unspecified atom stereocenters. The highest BCUT2D eigenvalue weighted by atomic mass is 19.4. The maximum Gasteiger partial charge on any atom is 0.406 e. The van der Waals surface area contributed by atoms with Crippen molar-refractivity contribution in [1.82, 2.24) is 9.80 Å². The molecule has 0 aliphatic carbocycles. The first-order valence-corrected chi connectivity index (χ1v) is 6.59. The van der Waals surface area contributed by atoms with E-state index in [4.69, 9.17) is 4.74 Å². The summed E-state index contributed by atoms with van der Waals surface area (Å²) in [4.78, 5) is 14.4. The molecular formula is C14H17F3N2O2. The maximum absolute atomic E-state index is 12.3. The van der Waals surface area contributed by atoms with Crippen molar-refractivity contribution in [3.05, 3.63) is 29.8 Å². The number of fused-ring (bicyclic) bond motifs is 1. The number of halogens is 3. The van der Waals surface area contributed by atoms with E-state index in [1.165, 1.54) is 0 Å². The van der Waals surface area contributed by atoms with E-state index in [9.17, 15) is 18.0 Å². The number of ether oxygens (including phenoxy) is 1. The summed E-state index contributed by atoms with van der Waals surface area (Å²) in [6, 6.07) is 7.45. The normalized spacial score (nSPS) is 15.8. The molecule has 2 rings (SSSR count). The van der Waals surface area contributed by atoms with Crippen molar-refractivity contribution >= 4 is 5.91 Å². The van der Waals surface area contributed by atoms with Crippen molar-refractivity contribution in [2.75, 3.05) is 33.3 Å². The van der Waals surface area contributed by atoms with E-state index in [0.717, 1.165) is 18.4 Å². The first kappa shape index (κ1) is 15.6. The molecule has 1 aliphatic rings. The van der Waals surface area contributed by atoms with Crippen LogP contribution in [-0.4, -0.2) is 55.2 Å². The minimum Gasteiger partial charge on any atom is -0.492 e. The number of benzene rings is 1. The number of carbonyl (C=O) groups is 1. The number of likely N-dealkylation sites (N-methyl/N-ethyl adjacent to an activating group) is 1. The van der Waals surface area contributed by atoms with Crippen LogP contribution in [0.2, 0.25) is 0 Å². The fourth-order valence-electron chi connectivity index (χ4n) is 2.18. The Morgan fingerprint density at radius 1 is 1.38 bits per heavy atom. The number of hydrogen-bond donors (Lipinski definition) is 0. The van der Waals surface area contributed by atoms with Crippen LogP contribution in [0.1, 0.15) is 5.56 Å². The Balaban J connectivity index is 1.95. The quantitative estimate of drug-likeness (QED) is 0.855. The number of rotatable bonds is 3.